The Morgan fingerprint density at radius 3 is 2.50 bits per heavy atom. The molecule has 0 fully saturated rings. The van der Waals surface area contributed by atoms with E-state index in [4.69, 9.17) is 4.74 Å². The maximum atomic E-state index is 12.8. The number of hydrogen-bond acceptors (Lipinski definition) is 5. The first kappa shape index (κ1) is 19.3. The number of ether oxygens (including phenoxy) is 1. The number of rotatable bonds is 5. The number of allylic oxidation sites excluding steroid dienone is 1. The summed E-state index contributed by atoms with van der Waals surface area (Å²) < 4.78 is 5.20. The molecule has 1 aliphatic heterocycles. The quantitative estimate of drug-likeness (QED) is 0.545. The number of nitrogens with zero attached hydrogens (tertiary/aromatic N) is 1. The smallest absolute Gasteiger partial charge is 0.338 e. The van der Waals surface area contributed by atoms with Crippen molar-refractivity contribution < 1.29 is 24.5 Å². The van der Waals surface area contributed by atoms with Gasteiger partial charge in [-0.15, -0.1) is 0 Å². The van der Waals surface area contributed by atoms with Gasteiger partial charge in [-0.25, -0.2) is 9.59 Å². The number of carbonyl (C=O) groups excluding carboxylic acids is 2. The zero-order valence-corrected chi connectivity index (χ0v) is 15.7. The molecule has 0 saturated heterocycles. The summed E-state index contributed by atoms with van der Waals surface area (Å²) in [6, 6.07) is 12.4. The predicted octanol–water partition coefficient (Wildman–Crippen LogP) is 3.20. The van der Waals surface area contributed by atoms with Crippen molar-refractivity contribution in [3.05, 3.63) is 70.9 Å². The predicted molar refractivity (Wildman–Crippen MR) is 102 cm³/mol. The third kappa shape index (κ3) is 3.78. The van der Waals surface area contributed by atoms with Crippen LogP contribution in [-0.2, 0) is 16.1 Å². The zero-order chi connectivity index (χ0) is 20.3. The Morgan fingerprint density at radius 1 is 1.14 bits per heavy atom. The van der Waals surface area contributed by atoms with E-state index in [2.05, 4.69) is 5.32 Å². The largest absolute Gasteiger partial charge is 0.504 e. The van der Waals surface area contributed by atoms with Gasteiger partial charge in [-0.05, 0) is 37.1 Å². The van der Waals surface area contributed by atoms with Gasteiger partial charge in [0.2, 0.25) is 0 Å². The van der Waals surface area contributed by atoms with Gasteiger partial charge in [0, 0.05) is 5.70 Å². The van der Waals surface area contributed by atoms with Gasteiger partial charge < -0.3 is 20.3 Å². The summed E-state index contributed by atoms with van der Waals surface area (Å²) in [6.45, 7) is 3.89. The molecule has 3 N–H and O–H groups in total. The molecule has 1 unspecified atom stereocenters. The van der Waals surface area contributed by atoms with Gasteiger partial charge in [-0.2, -0.15) is 0 Å². The molecule has 2 amide bonds. The number of carbonyl (C=O) groups is 2. The molecule has 0 bridgehead atoms. The van der Waals surface area contributed by atoms with E-state index in [0.717, 1.165) is 5.56 Å². The van der Waals surface area contributed by atoms with E-state index in [0.29, 0.717) is 17.8 Å². The highest BCUT2D eigenvalue weighted by Gasteiger charge is 2.36. The minimum Gasteiger partial charge on any atom is -0.504 e. The monoisotopic (exact) mass is 382 g/mol. The van der Waals surface area contributed by atoms with Gasteiger partial charge in [0.15, 0.2) is 11.5 Å². The van der Waals surface area contributed by atoms with Gasteiger partial charge in [0.1, 0.15) is 0 Å². The molecule has 0 aromatic heterocycles. The van der Waals surface area contributed by atoms with E-state index >= 15 is 0 Å². The first-order chi connectivity index (χ1) is 13.4. The standard InChI is InChI=1S/C21H22N2O5/c1-3-28-20(26)18-13(2)23(12-14-7-5-4-6-8-14)21(27)22-19(18)15-9-10-16(24)17(25)11-15/h4-11,19,24-25H,3,12H2,1-2H3,(H,22,27). The second-order valence-electron chi connectivity index (χ2n) is 6.42. The highest BCUT2D eigenvalue weighted by molar-refractivity contribution is 5.95. The fraction of sp³-hybridized carbons (Fsp3) is 0.238. The first-order valence-corrected chi connectivity index (χ1v) is 8.94. The average Bonchev–Trinajstić information content (AvgIpc) is 2.68. The highest BCUT2D eigenvalue weighted by Crippen LogP contribution is 2.35. The Labute approximate surface area is 162 Å². The summed E-state index contributed by atoms with van der Waals surface area (Å²) in [5.41, 5.74) is 2.14. The number of aromatic hydroxyl groups is 2. The van der Waals surface area contributed by atoms with E-state index in [-0.39, 0.29) is 29.7 Å². The van der Waals surface area contributed by atoms with Crippen LogP contribution in [0.15, 0.2) is 59.8 Å². The van der Waals surface area contributed by atoms with Crippen LogP contribution in [0.25, 0.3) is 0 Å². The first-order valence-electron chi connectivity index (χ1n) is 8.94. The van der Waals surface area contributed by atoms with Crippen LogP contribution in [0.2, 0.25) is 0 Å². The van der Waals surface area contributed by atoms with E-state index in [1.165, 1.54) is 17.0 Å². The zero-order valence-electron chi connectivity index (χ0n) is 15.7. The SMILES string of the molecule is CCOC(=O)C1=C(C)N(Cc2ccccc2)C(=O)NC1c1ccc(O)c(O)c1. The number of nitrogens with one attached hydrogen (secondary N) is 1. The van der Waals surface area contributed by atoms with E-state index in [1.807, 2.05) is 30.3 Å². The summed E-state index contributed by atoms with van der Waals surface area (Å²) >= 11 is 0. The molecule has 1 atom stereocenters. The number of phenols is 2. The summed E-state index contributed by atoms with van der Waals surface area (Å²) in [6.07, 6.45) is 0. The number of phenolic OH excluding ortho intramolecular Hbond substituents is 2. The Hall–Kier alpha value is -3.48. The molecule has 7 heteroatoms. The van der Waals surface area contributed by atoms with Crippen LogP contribution in [0.3, 0.4) is 0 Å². The maximum absolute atomic E-state index is 12.8. The van der Waals surface area contributed by atoms with Crippen molar-refractivity contribution in [3.63, 3.8) is 0 Å². The van der Waals surface area contributed by atoms with E-state index in [9.17, 15) is 19.8 Å². The average molecular weight is 382 g/mol. The Balaban J connectivity index is 2.04. The van der Waals surface area contributed by atoms with Gasteiger partial charge in [-0.1, -0.05) is 36.4 Å². The summed E-state index contributed by atoms with van der Waals surface area (Å²) in [7, 11) is 0. The van der Waals surface area contributed by atoms with Crippen LogP contribution < -0.4 is 5.32 Å². The number of benzene rings is 2. The van der Waals surface area contributed by atoms with E-state index < -0.39 is 12.0 Å². The van der Waals surface area contributed by atoms with Gasteiger partial charge in [0.25, 0.3) is 0 Å². The second-order valence-corrected chi connectivity index (χ2v) is 6.42. The normalized spacial score (nSPS) is 16.7. The van der Waals surface area contributed by atoms with Crippen molar-refractivity contribution in [2.24, 2.45) is 0 Å². The highest BCUT2D eigenvalue weighted by atomic mass is 16.5. The molecule has 3 rings (SSSR count). The molecule has 1 aliphatic rings. The molecule has 0 spiro atoms. The van der Waals surface area contributed by atoms with Gasteiger partial charge in [-0.3, -0.25) is 4.90 Å². The van der Waals surface area contributed by atoms with Crippen LogP contribution in [0.5, 0.6) is 11.5 Å². The van der Waals surface area contributed by atoms with Crippen LogP contribution in [-0.4, -0.2) is 33.7 Å². The molecule has 0 saturated carbocycles. The maximum Gasteiger partial charge on any atom is 0.338 e. The van der Waals surface area contributed by atoms with Crippen LogP contribution >= 0.6 is 0 Å². The fourth-order valence-corrected chi connectivity index (χ4v) is 3.18. The number of esters is 1. The summed E-state index contributed by atoms with van der Waals surface area (Å²) in [4.78, 5) is 27.0. The molecule has 146 valence electrons. The lowest BCUT2D eigenvalue weighted by molar-refractivity contribution is -0.139. The minimum absolute atomic E-state index is 0.190. The van der Waals surface area contributed by atoms with Crippen molar-refractivity contribution >= 4 is 12.0 Å². The third-order valence-electron chi connectivity index (χ3n) is 4.61. The molecule has 2 aromatic rings. The Kier molecular flexibility index (Phi) is 5.54. The molecule has 2 aromatic carbocycles. The van der Waals surface area contributed by atoms with Crippen LogP contribution in [0, 0.1) is 0 Å². The van der Waals surface area contributed by atoms with Crippen LogP contribution in [0.4, 0.5) is 4.79 Å². The number of hydrogen-bond donors (Lipinski definition) is 3. The number of amides is 2. The fourth-order valence-electron chi connectivity index (χ4n) is 3.18. The van der Waals surface area contributed by atoms with Crippen molar-refractivity contribution in [2.45, 2.75) is 26.4 Å². The molecule has 0 aliphatic carbocycles. The molecule has 0 radical (unpaired) electrons. The molecule has 28 heavy (non-hydrogen) atoms. The molecule has 1 heterocycles. The van der Waals surface area contributed by atoms with Crippen LogP contribution in [0.1, 0.15) is 31.0 Å². The van der Waals surface area contributed by atoms with Gasteiger partial charge >= 0.3 is 12.0 Å². The summed E-state index contributed by atoms with van der Waals surface area (Å²) in [5, 5.41) is 22.2. The lowest BCUT2D eigenvalue weighted by atomic mass is 9.94. The molecular weight excluding hydrogens is 360 g/mol. The lowest BCUT2D eigenvalue weighted by Crippen LogP contribution is -2.47. The third-order valence-corrected chi connectivity index (χ3v) is 4.61. The van der Waals surface area contributed by atoms with E-state index in [1.54, 1.807) is 19.9 Å². The van der Waals surface area contributed by atoms with Crippen molar-refractivity contribution in [3.8, 4) is 11.5 Å². The Bertz CT molecular complexity index is 924. The molecule has 7 nitrogen and oxygen atoms in total. The second kappa shape index (κ2) is 8.04. The summed E-state index contributed by atoms with van der Waals surface area (Å²) in [5.74, 6) is -1.16. The molecular formula is C21H22N2O5. The van der Waals surface area contributed by atoms with Crippen molar-refractivity contribution in [1.82, 2.24) is 10.2 Å². The number of urea groups is 1. The lowest BCUT2D eigenvalue weighted by Gasteiger charge is -2.35. The van der Waals surface area contributed by atoms with Gasteiger partial charge in [0.05, 0.1) is 24.8 Å². The minimum atomic E-state index is -0.801. The Morgan fingerprint density at radius 2 is 1.86 bits per heavy atom. The van der Waals surface area contributed by atoms with Crippen molar-refractivity contribution in [2.75, 3.05) is 6.61 Å². The topological polar surface area (TPSA) is 99.1 Å². The van der Waals surface area contributed by atoms with Crippen molar-refractivity contribution in [1.29, 1.82) is 0 Å².